The maximum absolute atomic E-state index is 14.0. The smallest absolute Gasteiger partial charge is 0.280 e. The number of fused-ring (bicyclic) bond motifs is 1. The molecule has 0 aliphatic heterocycles. The van der Waals surface area contributed by atoms with E-state index in [4.69, 9.17) is 4.74 Å². The molecule has 0 aliphatic rings. The molecule has 0 saturated carbocycles. The second-order valence-corrected chi connectivity index (χ2v) is 7.89. The summed E-state index contributed by atoms with van der Waals surface area (Å²) in [6, 6.07) is 40.9. The number of hydrogen-bond donors (Lipinski definition) is 1. The number of hydrogen-bond acceptors (Lipinski definition) is 3. The number of carbonyl (C=O) groups is 1. The number of carbonyl (C=O) groups excluding carboxylic acids is 1. The van der Waals surface area contributed by atoms with Gasteiger partial charge >= 0.3 is 0 Å². The van der Waals surface area contributed by atoms with Crippen LogP contribution in [0, 0.1) is 0 Å². The van der Waals surface area contributed by atoms with E-state index in [1.54, 1.807) is 5.01 Å². The molecule has 5 rings (SSSR count). The summed E-state index contributed by atoms with van der Waals surface area (Å²) in [7, 11) is 0. The van der Waals surface area contributed by atoms with Crippen LogP contribution in [0.4, 0.5) is 11.4 Å². The predicted molar refractivity (Wildman–Crippen MR) is 138 cm³/mol. The first-order valence-corrected chi connectivity index (χ1v) is 11.2. The Balaban J connectivity index is 1.57. The van der Waals surface area contributed by atoms with Crippen LogP contribution in [0.2, 0.25) is 0 Å². The van der Waals surface area contributed by atoms with E-state index in [-0.39, 0.29) is 5.91 Å². The Kier molecular flexibility index (Phi) is 6.21. The standard InChI is InChI=1S/C30H24N2O2/c33-30(32(26-17-8-3-9-18-26)31-25-15-6-2-7-16-25)28-21-20-24-14-10-11-19-27(24)29(28)34-22-23-12-4-1-5-13-23/h1-21,31H,22H2. The topological polar surface area (TPSA) is 41.6 Å². The number of rotatable bonds is 7. The Bertz CT molecular complexity index is 1390. The number of amides is 1. The Morgan fingerprint density at radius 1 is 0.676 bits per heavy atom. The quantitative estimate of drug-likeness (QED) is 0.272. The maximum Gasteiger partial charge on any atom is 0.280 e. The van der Waals surface area contributed by atoms with Crippen molar-refractivity contribution in [2.45, 2.75) is 6.61 Å². The third-order valence-electron chi connectivity index (χ3n) is 5.57. The zero-order valence-corrected chi connectivity index (χ0v) is 18.6. The van der Waals surface area contributed by atoms with Gasteiger partial charge in [0.25, 0.3) is 5.91 Å². The second kappa shape index (κ2) is 9.92. The minimum absolute atomic E-state index is 0.205. The van der Waals surface area contributed by atoms with E-state index in [1.165, 1.54) is 0 Å². The highest BCUT2D eigenvalue weighted by Gasteiger charge is 2.23. The number of anilines is 2. The van der Waals surface area contributed by atoms with Crippen molar-refractivity contribution in [2.75, 3.05) is 10.4 Å². The Labute approximate surface area is 199 Å². The average Bonchev–Trinajstić information content (AvgIpc) is 2.91. The van der Waals surface area contributed by atoms with Gasteiger partial charge in [-0.1, -0.05) is 97.1 Å². The summed E-state index contributed by atoms with van der Waals surface area (Å²) in [6.45, 7) is 0.368. The van der Waals surface area contributed by atoms with E-state index >= 15 is 0 Å². The molecule has 1 N–H and O–H groups in total. The lowest BCUT2D eigenvalue weighted by Gasteiger charge is -2.26. The molecule has 5 aromatic rings. The van der Waals surface area contributed by atoms with Gasteiger partial charge in [-0.15, -0.1) is 0 Å². The Morgan fingerprint density at radius 3 is 2.03 bits per heavy atom. The van der Waals surface area contributed by atoms with Crippen LogP contribution in [-0.2, 0) is 6.61 Å². The summed E-state index contributed by atoms with van der Waals surface area (Å²) < 4.78 is 6.32. The molecule has 4 nitrogen and oxygen atoms in total. The van der Waals surface area contributed by atoms with Crippen LogP contribution >= 0.6 is 0 Å². The molecular weight excluding hydrogens is 420 g/mol. The molecule has 0 radical (unpaired) electrons. The van der Waals surface area contributed by atoms with Crippen molar-refractivity contribution in [2.24, 2.45) is 0 Å². The fourth-order valence-corrected chi connectivity index (χ4v) is 3.87. The van der Waals surface area contributed by atoms with Gasteiger partial charge in [-0.25, -0.2) is 5.01 Å². The Hall–Kier alpha value is -4.57. The molecule has 0 unspecified atom stereocenters. The van der Waals surface area contributed by atoms with E-state index in [0.29, 0.717) is 17.9 Å². The highest BCUT2D eigenvalue weighted by molar-refractivity contribution is 6.12. The number of benzene rings is 5. The number of nitrogens with zero attached hydrogens (tertiary/aromatic N) is 1. The first-order valence-electron chi connectivity index (χ1n) is 11.2. The van der Waals surface area contributed by atoms with Crippen LogP contribution < -0.4 is 15.2 Å². The first kappa shape index (κ1) is 21.3. The van der Waals surface area contributed by atoms with E-state index in [2.05, 4.69) is 5.43 Å². The van der Waals surface area contributed by atoms with Gasteiger partial charge in [-0.05, 0) is 41.3 Å². The molecule has 34 heavy (non-hydrogen) atoms. The minimum Gasteiger partial charge on any atom is -0.487 e. The zero-order valence-electron chi connectivity index (χ0n) is 18.6. The monoisotopic (exact) mass is 444 g/mol. The molecule has 4 heteroatoms. The van der Waals surface area contributed by atoms with Crippen molar-refractivity contribution in [1.29, 1.82) is 0 Å². The van der Waals surface area contributed by atoms with Gasteiger partial charge in [-0.2, -0.15) is 0 Å². The maximum atomic E-state index is 14.0. The SMILES string of the molecule is O=C(c1ccc2ccccc2c1OCc1ccccc1)N(Nc1ccccc1)c1ccccc1. The van der Waals surface area contributed by atoms with Crippen molar-refractivity contribution in [3.8, 4) is 5.75 Å². The number of ether oxygens (including phenoxy) is 1. The average molecular weight is 445 g/mol. The molecule has 1 amide bonds. The van der Waals surface area contributed by atoms with Crippen LogP contribution in [0.25, 0.3) is 10.8 Å². The molecular formula is C30H24N2O2. The van der Waals surface area contributed by atoms with Crippen molar-refractivity contribution in [1.82, 2.24) is 0 Å². The molecule has 166 valence electrons. The number of hydrazine groups is 1. The molecule has 0 aliphatic carbocycles. The summed E-state index contributed by atoms with van der Waals surface area (Å²) in [4.78, 5) is 14.0. The van der Waals surface area contributed by atoms with Crippen LogP contribution in [0.1, 0.15) is 15.9 Å². The van der Waals surface area contributed by atoms with Crippen molar-refractivity contribution in [3.63, 3.8) is 0 Å². The first-order chi connectivity index (χ1) is 16.8. The van der Waals surface area contributed by atoms with Gasteiger partial charge < -0.3 is 4.74 Å². The van der Waals surface area contributed by atoms with Gasteiger partial charge in [0.15, 0.2) is 0 Å². The molecule has 5 aromatic carbocycles. The summed E-state index contributed by atoms with van der Waals surface area (Å²) in [5.74, 6) is 0.367. The molecule has 0 bridgehead atoms. The fraction of sp³-hybridized carbons (Fsp3) is 0.0333. The summed E-state index contributed by atoms with van der Waals surface area (Å²) >= 11 is 0. The molecule has 0 aromatic heterocycles. The normalized spacial score (nSPS) is 10.6. The van der Waals surface area contributed by atoms with Crippen molar-refractivity contribution >= 4 is 28.1 Å². The third kappa shape index (κ3) is 4.62. The lowest BCUT2D eigenvalue weighted by Crippen LogP contribution is -2.36. The summed E-state index contributed by atoms with van der Waals surface area (Å²) in [6.07, 6.45) is 0. The zero-order chi connectivity index (χ0) is 23.2. The van der Waals surface area contributed by atoms with Crippen LogP contribution in [0.15, 0.2) is 127 Å². The largest absolute Gasteiger partial charge is 0.487 e. The van der Waals surface area contributed by atoms with Gasteiger partial charge in [-0.3, -0.25) is 10.2 Å². The fourth-order valence-electron chi connectivity index (χ4n) is 3.87. The Morgan fingerprint density at radius 2 is 1.29 bits per heavy atom. The molecule has 0 atom stereocenters. The van der Waals surface area contributed by atoms with Gasteiger partial charge in [0.05, 0.1) is 16.9 Å². The predicted octanol–water partition coefficient (Wildman–Crippen LogP) is 7.09. The van der Waals surface area contributed by atoms with Crippen LogP contribution in [0.3, 0.4) is 0 Å². The van der Waals surface area contributed by atoms with E-state index in [1.807, 2.05) is 127 Å². The van der Waals surface area contributed by atoms with Gasteiger partial charge in [0.2, 0.25) is 0 Å². The van der Waals surface area contributed by atoms with Gasteiger partial charge in [0, 0.05) is 5.39 Å². The highest BCUT2D eigenvalue weighted by atomic mass is 16.5. The van der Waals surface area contributed by atoms with Crippen LogP contribution in [-0.4, -0.2) is 5.91 Å². The summed E-state index contributed by atoms with van der Waals surface area (Å²) in [5, 5.41) is 3.48. The van der Waals surface area contributed by atoms with E-state index in [9.17, 15) is 4.79 Å². The van der Waals surface area contributed by atoms with Crippen molar-refractivity contribution in [3.05, 3.63) is 139 Å². The molecule has 0 heterocycles. The third-order valence-corrected chi connectivity index (χ3v) is 5.57. The lowest BCUT2D eigenvalue weighted by molar-refractivity contribution is 0.0988. The molecule has 0 spiro atoms. The second-order valence-electron chi connectivity index (χ2n) is 7.89. The van der Waals surface area contributed by atoms with Crippen LogP contribution in [0.5, 0.6) is 5.75 Å². The molecule has 0 fully saturated rings. The van der Waals surface area contributed by atoms with E-state index in [0.717, 1.165) is 27.7 Å². The summed E-state index contributed by atoms with van der Waals surface area (Å²) in [5.41, 5.74) is 6.34. The number of nitrogens with one attached hydrogen (secondary N) is 1. The van der Waals surface area contributed by atoms with E-state index < -0.39 is 0 Å². The number of para-hydroxylation sites is 2. The molecule has 0 saturated heterocycles. The highest BCUT2D eigenvalue weighted by Crippen LogP contribution is 2.33. The minimum atomic E-state index is -0.205. The lowest BCUT2D eigenvalue weighted by atomic mass is 10.0. The van der Waals surface area contributed by atoms with Crippen molar-refractivity contribution < 1.29 is 9.53 Å². The van der Waals surface area contributed by atoms with Gasteiger partial charge in [0.1, 0.15) is 12.4 Å².